The van der Waals surface area contributed by atoms with Gasteiger partial charge in [0, 0.05) is 18.2 Å². The van der Waals surface area contributed by atoms with Gasteiger partial charge in [0.2, 0.25) is 5.91 Å². The number of aromatic nitrogens is 2. The normalized spacial score (nSPS) is 22.2. The number of thioether (sulfide) groups is 1. The van der Waals surface area contributed by atoms with Crippen LogP contribution in [0.15, 0.2) is 23.4 Å². The van der Waals surface area contributed by atoms with Crippen molar-refractivity contribution in [3.63, 3.8) is 0 Å². The molecule has 0 spiro atoms. The Labute approximate surface area is 153 Å². The monoisotopic (exact) mass is 361 g/mol. The van der Waals surface area contributed by atoms with E-state index in [4.69, 9.17) is 4.74 Å². The van der Waals surface area contributed by atoms with Crippen LogP contribution in [-0.4, -0.2) is 44.7 Å². The highest BCUT2D eigenvalue weighted by molar-refractivity contribution is 8.00. The molecule has 1 aliphatic heterocycles. The minimum atomic E-state index is -0.157. The van der Waals surface area contributed by atoms with Crippen LogP contribution in [0.3, 0.4) is 0 Å². The van der Waals surface area contributed by atoms with Crippen LogP contribution in [0.1, 0.15) is 47.0 Å². The first-order chi connectivity index (χ1) is 12.0. The van der Waals surface area contributed by atoms with Crippen molar-refractivity contribution in [1.82, 2.24) is 14.9 Å². The largest absolute Gasteiger partial charge is 0.494 e. The zero-order valence-corrected chi connectivity index (χ0v) is 16.2. The Hall–Kier alpha value is -1.69. The maximum Gasteiger partial charge on any atom is 0.236 e. The van der Waals surface area contributed by atoms with Gasteiger partial charge < -0.3 is 14.6 Å². The van der Waals surface area contributed by atoms with Gasteiger partial charge in [-0.05, 0) is 59.1 Å². The quantitative estimate of drug-likeness (QED) is 0.810. The highest BCUT2D eigenvalue weighted by Gasteiger charge is 2.32. The standard InChI is InChI=1S/C19H27N3O2S/c1-5-24-15-9-10-16-17(11-15)21-19(20-16)25-14(4)18(23)22-12(2)7-6-8-13(22)3/h9-14H,5-8H2,1-4H3,(H,20,21)/t12-,13+,14-/m1/s1. The number of nitrogens with one attached hydrogen (secondary N) is 1. The number of hydrogen-bond acceptors (Lipinski definition) is 4. The van der Waals surface area contributed by atoms with Gasteiger partial charge in [-0.25, -0.2) is 4.98 Å². The molecule has 3 rings (SSSR count). The predicted octanol–water partition coefficient (Wildman–Crippen LogP) is 4.23. The fourth-order valence-electron chi connectivity index (χ4n) is 3.56. The first-order valence-electron chi connectivity index (χ1n) is 9.11. The summed E-state index contributed by atoms with van der Waals surface area (Å²) in [6.45, 7) is 8.88. The van der Waals surface area contributed by atoms with Crippen molar-refractivity contribution in [2.24, 2.45) is 0 Å². The molecule has 2 heterocycles. The molecule has 1 saturated heterocycles. The minimum absolute atomic E-state index is 0.157. The average molecular weight is 362 g/mol. The number of likely N-dealkylation sites (tertiary alicyclic amines) is 1. The summed E-state index contributed by atoms with van der Waals surface area (Å²) in [6, 6.07) is 6.47. The molecule has 1 aliphatic rings. The van der Waals surface area contributed by atoms with Gasteiger partial charge in [-0.15, -0.1) is 0 Å². The van der Waals surface area contributed by atoms with Gasteiger partial charge in [-0.2, -0.15) is 0 Å². The Kier molecular flexibility index (Phi) is 5.57. The lowest BCUT2D eigenvalue weighted by Crippen LogP contribution is -2.50. The summed E-state index contributed by atoms with van der Waals surface area (Å²) in [4.78, 5) is 22.9. The predicted molar refractivity (Wildman–Crippen MR) is 102 cm³/mol. The molecule has 0 unspecified atom stereocenters. The smallest absolute Gasteiger partial charge is 0.236 e. The third-order valence-electron chi connectivity index (χ3n) is 4.83. The zero-order chi connectivity index (χ0) is 18.0. The molecule has 25 heavy (non-hydrogen) atoms. The van der Waals surface area contributed by atoms with Crippen molar-refractivity contribution in [2.75, 3.05) is 6.61 Å². The molecule has 0 radical (unpaired) electrons. The molecule has 136 valence electrons. The van der Waals surface area contributed by atoms with E-state index in [0.717, 1.165) is 34.8 Å². The second kappa shape index (κ2) is 7.68. The third kappa shape index (κ3) is 3.94. The summed E-state index contributed by atoms with van der Waals surface area (Å²) in [7, 11) is 0. The number of nitrogens with zero attached hydrogens (tertiary/aromatic N) is 2. The van der Waals surface area contributed by atoms with Crippen LogP contribution in [0.25, 0.3) is 11.0 Å². The molecular formula is C19H27N3O2S. The highest BCUT2D eigenvalue weighted by Crippen LogP contribution is 2.30. The number of amides is 1. The number of piperidine rings is 1. The molecule has 0 aliphatic carbocycles. The number of hydrogen-bond donors (Lipinski definition) is 1. The van der Waals surface area contributed by atoms with E-state index in [2.05, 4.69) is 28.7 Å². The molecule has 3 atom stereocenters. The fraction of sp³-hybridized carbons (Fsp3) is 0.579. The number of carbonyl (C=O) groups is 1. The summed E-state index contributed by atoms with van der Waals surface area (Å²) < 4.78 is 5.53. The Morgan fingerprint density at radius 1 is 1.40 bits per heavy atom. The van der Waals surface area contributed by atoms with Crippen molar-refractivity contribution in [3.05, 3.63) is 18.2 Å². The van der Waals surface area contributed by atoms with Crippen LogP contribution in [0, 0.1) is 0 Å². The lowest BCUT2D eigenvalue weighted by Gasteiger charge is -2.40. The SMILES string of the molecule is CCOc1ccc2nc(S[C@H](C)C(=O)N3[C@H](C)CCC[C@@H]3C)[nH]c2c1. The van der Waals surface area contributed by atoms with Crippen LogP contribution < -0.4 is 4.74 Å². The number of rotatable bonds is 5. The van der Waals surface area contributed by atoms with E-state index in [9.17, 15) is 4.79 Å². The van der Waals surface area contributed by atoms with Gasteiger partial charge in [0.25, 0.3) is 0 Å². The number of carbonyl (C=O) groups excluding carboxylic acids is 1. The molecule has 1 fully saturated rings. The molecular weight excluding hydrogens is 334 g/mol. The summed E-state index contributed by atoms with van der Waals surface area (Å²) in [5.41, 5.74) is 1.83. The molecule has 0 bridgehead atoms. The number of benzene rings is 1. The molecule has 0 saturated carbocycles. The fourth-order valence-corrected chi connectivity index (χ4v) is 4.44. The minimum Gasteiger partial charge on any atom is -0.494 e. The van der Waals surface area contributed by atoms with E-state index in [1.54, 1.807) is 0 Å². The Morgan fingerprint density at radius 3 is 2.80 bits per heavy atom. The lowest BCUT2D eigenvalue weighted by molar-refractivity contribution is -0.136. The maximum absolute atomic E-state index is 12.9. The summed E-state index contributed by atoms with van der Waals surface area (Å²) in [5.74, 6) is 1.04. The van der Waals surface area contributed by atoms with Gasteiger partial charge in [0.15, 0.2) is 5.16 Å². The number of imidazole rings is 1. The van der Waals surface area contributed by atoms with Crippen molar-refractivity contribution in [1.29, 1.82) is 0 Å². The van der Waals surface area contributed by atoms with Gasteiger partial charge in [0.05, 0.1) is 22.9 Å². The first-order valence-corrected chi connectivity index (χ1v) is 9.99. The number of fused-ring (bicyclic) bond motifs is 1. The second-order valence-corrected chi connectivity index (χ2v) is 8.12. The van der Waals surface area contributed by atoms with Crippen molar-refractivity contribution < 1.29 is 9.53 Å². The van der Waals surface area contributed by atoms with Crippen LogP contribution in [0.4, 0.5) is 0 Å². The van der Waals surface area contributed by atoms with Gasteiger partial charge in [-0.3, -0.25) is 4.79 Å². The van der Waals surface area contributed by atoms with Crippen molar-refractivity contribution in [3.8, 4) is 5.75 Å². The Morgan fingerprint density at radius 2 is 2.12 bits per heavy atom. The molecule has 2 aromatic rings. The Bertz CT molecular complexity index is 735. The first kappa shape index (κ1) is 18.1. The summed E-state index contributed by atoms with van der Waals surface area (Å²) in [5, 5.41) is 0.622. The summed E-state index contributed by atoms with van der Waals surface area (Å²) in [6.07, 6.45) is 3.40. The second-order valence-electron chi connectivity index (χ2n) is 6.79. The van der Waals surface area contributed by atoms with E-state index in [-0.39, 0.29) is 11.2 Å². The van der Waals surface area contributed by atoms with Gasteiger partial charge in [0.1, 0.15) is 5.75 Å². The van der Waals surface area contributed by atoms with Crippen LogP contribution in [0.5, 0.6) is 5.75 Å². The highest BCUT2D eigenvalue weighted by atomic mass is 32.2. The molecule has 1 amide bonds. The van der Waals surface area contributed by atoms with Crippen LogP contribution in [0.2, 0.25) is 0 Å². The summed E-state index contributed by atoms with van der Waals surface area (Å²) >= 11 is 1.50. The molecule has 5 nitrogen and oxygen atoms in total. The average Bonchev–Trinajstić information content (AvgIpc) is 2.96. The van der Waals surface area contributed by atoms with Crippen LogP contribution in [-0.2, 0) is 4.79 Å². The number of ether oxygens (including phenoxy) is 1. The lowest BCUT2D eigenvalue weighted by atomic mass is 9.97. The van der Waals surface area contributed by atoms with Gasteiger partial charge in [-0.1, -0.05) is 11.8 Å². The number of aromatic amines is 1. The van der Waals surface area contributed by atoms with E-state index >= 15 is 0 Å². The van der Waals surface area contributed by atoms with Crippen LogP contribution >= 0.6 is 11.8 Å². The maximum atomic E-state index is 12.9. The molecule has 1 aromatic carbocycles. The molecule has 1 aromatic heterocycles. The third-order valence-corrected chi connectivity index (χ3v) is 5.80. The molecule has 6 heteroatoms. The topological polar surface area (TPSA) is 58.2 Å². The van der Waals surface area contributed by atoms with E-state index in [1.165, 1.54) is 18.2 Å². The van der Waals surface area contributed by atoms with Crippen molar-refractivity contribution in [2.45, 2.75) is 69.4 Å². The zero-order valence-electron chi connectivity index (χ0n) is 15.4. The van der Waals surface area contributed by atoms with Crippen molar-refractivity contribution >= 4 is 28.7 Å². The van der Waals surface area contributed by atoms with E-state index in [0.29, 0.717) is 18.7 Å². The molecule has 1 N–H and O–H groups in total. The Balaban J connectivity index is 1.72. The van der Waals surface area contributed by atoms with E-state index in [1.807, 2.05) is 32.0 Å². The number of H-pyrrole nitrogens is 1. The van der Waals surface area contributed by atoms with E-state index < -0.39 is 0 Å². The van der Waals surface area contributed by atoms with Gasteiger partial charge >= 0.3 is 0 Å².